The van der Waals surface area contributed by atoms with Gasteiger partial charge in [0, 0.05) is 0 Å². The molecule has 0 unspecified atom stereocenters. The van der Waals surface area contributed by atoms with E-state index in [0.717, 1.165) is 11.3 Å². The van der Waals surface area contributed by atoms with Gasteiger partial charge in [-0.15, -0.1) is 0 Å². The van der Waals surface area contributed by atoms with Gasteiger partial charge in [0.1, 0.15) is 0 Å². The maximum Gasteiger partial charge on any atom is 0.338 e. The van der Waals surface area contributed by atoms with Gasteiger partial charge in [0.2, 0.25) is 0 Å². The SMILES string of the molecule is CCOC(=O)C1=C(C)N=c2s/c(=C\c3cc(OC)c(OC)cc3[N+](=O)[O-])c(=O)n2[C@H]1c1ccc(OCC)c(OCC)c1. The number of nitrogens with zero attached hydrogens (tertiary/aromatic N) is 3. The average Bonchev–Trinajstić information content (AvgIpc) is 3.26. The third-order valence-electron chi connectivity index (χ3n) is 6.42. The number of benzene rings is 2. The van der Waals surface area contributed by atoms with Gasteiger partial charge < -0.3 is 23.7 Å². The van der Waals surface area contributed by atoms with Crippen molar-refractivity contribution in [2.45, 2.75) is 33.7 Å². The van der Waals surface area contributed by atoms with Crippen LogP contribution in [0.15, 0.2) is 51.4 Å². The van der Waals surface area contributed by atoms with Crippen molar-refractivity contribution in [3.8, 4) is 23.0 Å². The highest BCUT2D eigenvalue weighted by Crippen LogP contribution is 2.37. The van der Waals surface area contributed by atoms with Gasteiger partial charge in [-0.1, -0.05) is 17.4 Å². The fraction of sp³-hybridized carbons (Fsp3) is 0.345. The van der Waals surface area contributed by atoms with Crippen LogP contribution in [0.1, 0.15) is 44.9 Å². The van der Waals surface area contributed by atoms with Crippen molar-refractivity contribution < 1.29 is 33.4 Å². The van der Waals surface area contributed by atoms with Crippen LogP contribution in [0.25, 0.3) is 6.08 Å². The van der Waals surface area contributed by atoms with Crippen LogP contribution < -0.4 is 33.8 Å². The molecular weight excluding hydrogens is 566 g/mol. The first-order valence-electron chi connectivity index (χ1n) is 13.2. The molecule has 3 aromatic rings. The van der Waals surface area contributed by atoms with Crippen LogP contribution >= 0.6 is 11.3 Å². The fourth-order valence-corrected chi connectivity index (χ4v) is 5.68. The van der Waals surface area contributed by atoms with Crippen molar-refractivity contribution >= 4 is 29.1 Å². The number of nitro groups is 1. The van der Waals surface area contributed by atoms with Crippen molar-refractivity contribution in [1.82, 2.24) is 4.57 Å². The summed E-state index contributed by atoms with van der Waals surface area (Å²) in [6, 6.07) is 6.98. The third-order valence-corrected chi connectivity index (χ3v) is 7.40. The van der Waals surface area contributed by atoms with E-state index in [1.165, 1.54) is 37.0 Å². The van der Waals surface area contributed by atoms with Crippen LogP contribution in [-0.4, -0.2) is 49.5 Å². The highest BCUT2D eigenvalue weighted by atomic mass is 32.1. The van der Waals surface area contributed by atoms with Gasteiger partial charge in [-0.2, -0.15) is 0 Å². The average molecular weight is 598 g/mol. The molecule has 0 spiro atoms. The number of fused-ring (bicyclic) bond motifs is 1. The van der Waals surface area contributed by atoms with E-state index in [2.05, 4.69) is 4.99 Å². The van der Waals surface area contributed by atoms with E-state index in [0.29, 0.717) is 40.8 Å². The van der Waals surface area contributed by atoms with Gasteiger partial charge in [-0.05, 0) is 57.5 Å². The number of esters is 1. The zero-order valence-corrected chi connectivity index (χ0v) is 24.9. The summed E-state index contributed by atoms with van der Waals surface area (Å²) >= 11 is 1.05. The van der Waals surface area contributed by atoms with Crippen LogP contribution in [-0.2, 0) is 9.53 Å². The van der Waals surface area contributed by atoms with Crippen molar-refractivity contribution in [2.75, 3.05) is 34.0 Å². The molecular formula is C29H31N3O9S. The molecule has 13 heteroatoms. The maximum atomic E-state index is 14.0. The number of hydrogen-bond donors (Lipinski definition) is 0. The van der Waals surface area contributed by atoms with Crippen LogP contribution in [0.4, 0.5) is 5.69 Å². The standard InChI is InChI=1S/C29H31N3O9S/c1-7-39-20-11-10-17(12-23(20)40-8-2)26-25(28(34)41-9-3)16(4)30-29-31(26)27(33)24(42-29)14-18-13-21(37-5)22(38-6)15-19(18)32(35)36/h10-15,26H,7-9H2,1-6H3/b24-14-/t26-/m0/s1. The van der Waals surface area contributed by atoms with Crippen LogP contribution in [0.3, 0.4) is 0 Å². The lowest BCUT2D eigenvalue weighted by atomic mass is 9.95. The molecule has 0 bridgehead atoms. The molecule has 0 fully saturated rings. The van der Waals surface area contributed by atoms with Crippen molar-refractivity contribution in [2.24, 2.45) is 4.99 Å². The Morgan fingerprint density at radius 1 is 1.02 bits per heavy atom. The zero-order valence-electron chi connectivity index (χ0n) is 24.1. The lowest BCUT2D eigenvalue weighted by Gasteiger charge is -2.25. The highest BCUT2D eigenvalue weighted by molar-refractivity contribution is 7.07. The second kappa shape index (κ2) is 12.9. The lowest BCUT2D eigenvalue weighted by Crippen LogP contribution is -2.40. The number of carbonyl (C=O) groups is 1. The van der Waals surface area contributed by atoms with Crippen LogP contribution in [0, 0.1) is 10.1 Å². The Morgan fingerprint density at radius 3 is 2.31 bits per heavy atom. The first-order chi connectivity index (χ1) is 20.2. The summed E-state index contributed by atoms with van der Waals surface area (Å²) in [5.41, 5.74) is 0.527. The molecule has 1 aromatic heterocycles. The predicted octanol–water partition coefficient (Wildman–Crippen LogP) is 3.52. The predicted molar refractivity (Wildman–Crippen MR) is 155 cm³/mol. The monoisotopic (exact) mass is 597 g/mol. The fourth-order valence-electron chi connectivity index (χ4n) is 4.64. The van der Waals surface area contributed by atoms with E-state index >= 15 is 0 Å². The van der Waals surface area contributed by atoms with E-state index in [4.69, 9.17) is 23.7 Å². The van der Waals surface area contributed by atoms with Gasteiger partial charge in [-0.25, -0.2) is 9.79 Å². The molecule has 1 aliphatic heterocycles. The van der Waals surface area contributed by atoms with E-state index < -0.39 is 22.5 Å². The summed E-state index contributed by atoms with van der Waals surface area (Å²) in [4.78, 5) is 43.4. The summed E-state index contributed by atoms with van der Waals surface area (Å²) < 4.78 is 29.0. The van der Waals surface area contributed by atoms with Crippen molar-refractivity contribution in [3.63, 3.8) is 0 Å². The molecule has 1 atom stereocenters. The summed E-state index contributed by atoms with van der Waals surface area (Å²) in [5.74, 6) is 0.809. The first-order valence-corrected chi connectivity index (χ1v) is 14.0. The smallest absolute Gasteiger partial charge is 0.338 e. The molecule has 0 saturated heterocycles. The molecule has 12 nitrogen and oxygen atoms in total. The Hall–Kier alpha value is -4.65. The Labute approximate surface area is 245 Å². The summed E-state index contributed by atoms with van der Waals surface area (Å²) in [5, 5.41) is 11.9. The number of aromatic nitrogens is 1. The molecule has 0 radical (unpaired) electrons. The summed E-state index contributed by atoms with van der Waals surface area (Å²) in [6.45, 7) is 7.98. The quantitative estimate of drug-likeness (QED) is 0.184. The van der Waals surface area contributed by atoms with Crippen molar-refractivity contribution in [3.05, 3.63) is 82.5 Å². The minimum Gasteiger partial charge on any atom is -0.493 e. The number of methoxy groups -OCH3 is 2. The van der Waals surface area contributed by atoms with E-state index in [9.17, 15) is 19.7 Å². The number of allylic oxidation sites excluding steroid dienone is 1. The molecule has 0 saturated carbocycles. The maximum absolute atomic E-state index is 14.0. The molecule has 222 valence electrons. The molecule has 2 aromatic carbocycles. The van der Waals surface area contributed by atoms with Gasteiger partial charge in [0.15, 0.2) is 27.8 Å². The second-order valence-electron chi connectivity index (χ2n) is 8.90. The Bertz CT molecular complexity index is 1740. The topological polar surface area (TPSA) is 141 Å². The van der Waals surface area contributed by atoms with Gasteiger partial charge in [0.25, 0.3) is 11.2 Å². The number of rotatable bonds is 11. The van der Waals surface area contributed by atoms with Crippen LogP contribution in [0.5, 0.6) is 23.0 Å². The number of hydrogen-bond acceptors (Lipinski definition) is 11. The Morgan fingerprint density at radius 2 is 1.69 bits per heavy atom. The Balaban J connectivity index is 2.00. The molecule has 1 aliphatic rings. The minimum atomic E-state index is -0.905. The third kappa shape index (κ3) is 5.73. The lowest BCUT2D eigenvalue weighted by molar-refractivity contribution is -0.385. The number of carbonyl (C=O) groups excluding carboxylic acids is 1. The molecule has 0 aliphatic carbocycles. The molecule has 0 N–H and O–H groups in total. The molecule has 42 heavy (non-hydrogen) atoms. The zero-order chi connectivity index (χ0) is 30.6. The van der Waals surface area contributed by atoms with Gasteiger partial charge >= 0.3 is 5.97 Å². The number of nitro benzene ring substituents is 1. The van der Waals surface area contributed by atoms with Crippen molar-refractivity contribution in [1.29, 1.82) is 0 Å². The number of ether oxygens (including phenoxy) is 5. The Kier molecular flexibility index (Phi) is 9.31. The molecule has 2 heterocycles. The normalized spacial score (nSPS) is 14.6. The van der Waals surface area contributed by atoms with Gasteiger partial charge in [0.05, 0.1) is 72.4 Å². The largest absolute Gasteiger partial charge is 0.493 e. The summed E-state index contributed by atoms with van der Waals surface area (Å²) in [7, 11) is 2.79. The second-order valence-corrected chi connectivity index (χ2v) is 9.91. The van der Waals surface area contributed by atoms with Crippen LogP contribution in [0.2, 0.25) is 0 Å². The van der Waals surface area contributed by atoms with E-state index in [-0.39, 0.29) is 39.5 Å². The van der Waals surface area contributed by atoms with Gasteiger partial charge in [-0.3, -0.25) is 19.5 Å². The highest BCUT2D eigenvalue weighted by Gasteiger charge is 2.34. The summed E-state index contributed by atoms with van der Waals surface area (Å²) in [6.07, 6.45) is 1.41. The number of thiazole rings is 1. The molecule has 4 rings (SSSR count). The first kappa shape index (κ1) is 30.3. The van der Waals surface area contributed by atoms with E-state index in [1.54, 1.807) is 32.0 Å². The van der Waals surface area contributed by atoms with E-state index in [1.807, 2.05) is 13.8 Å². The minimum absolute atomic E-state index is 0.128. The molecule has 0 amide bonds.